The average molecular weight is 535 g/mol. The van der Waals surface area contributed by atoms with Crippen LogP contribution in [0.4, 0.5) is 8.78 Å². The summed E-state index contributed by atoms with van der Waals surface area (Å²) in [6, 6.07) is 6.03. The van der Waals surface area contributed by atoms with Crippen LogP contribution in [-0.2, 0) is 5.60 Å². The number of nitrogens with zero attached hydrogens (tertiary/aromatic N) is 6. The molecule has 3 aromatic heterocycles. The minimum Gasteiger partial charge on any atom is -0.434 e. The summed E-state index contributed by atoms with van der Waals surface area (Å²) in [7, 11) is 1.69. The molecule has 7 rings (SSSR count). The molecule has 4 heterocycles. The van der Waals surface area contributed by atoms with Gasteiger partial charge in [0.15, 0.2) is 11.5 Å². The first-order valence-corrected chi connectivity index (χ1v) is 12.6. The zero-order valence-electron chi connectivity index (χ0n) is 21.0. The predicted molar refractivity (Wildman–Crippen MR) is 132 cm³/mol. The lowest BCUT2D eigenvalue weighted by Gasteiger charge is -2.46. The van der Waals surface area contributed by atoms with Gasteiger partial charge < -0.3 is 19.8 Å². The monoisotopic (exact) mass is 534 g/mol. The molecule has 1 fully saturated rings. The van der Waals surface area contributed by atoms with E-state index in [2.05, 4.69) is 9.97 Å². The molecule has 0 saturated heterocycles. The highest BCUT2D eigenvalue weighted by Gasteiger charge is 2.53. The van der Waals surface area contributed by atoms with Crippen LogP contribution in [0.5, 0.6) is 5.75 Å². The summed E-state index contributed by atoms with van der Waals surface area (Å²) in [6.07, 6.45) is 5.68. The van der Waals surface area contributed by atoms with Crippen molar-refractivity contribution in [1.82, 2.24) is 29.5 Å². The van der Waals surface area contributed by atoms with E-state index < -0.39 is 23.7 Å². The van der Waals surface area contributed by atoms with Gasteiger partial charge in [-0.3, -0.25) is 4.79 Å². The van der Waals surface area contributed by atoms with E-state index in [1.807, 2.05) is 0 Å². The molecular weight excluding hydrogens is 510 g/mol. The van der Waals surface area contributed by atoms with Crippen molar-refractivity contribution in [2.75, 3.05) is 7.05 Å². The summed E-state index contributed by atoms with van der Waals surface area (Å²) in [5.41, 5.74) is 1.66. The minimum atomic E-state index is -3.04. The summed E-state index contributed by atoms with van der Waals surface area (Å²) >= 11 is 0. The van der Waals surface area contributed by atoms with Gasteiger partial charge in [-0.1, -0.05) is 6.07 Å². The molecule has 0 radical (unpaired) electrons. The largest absolute Gasteiger partial charge is 0.434 e. The van der Waals surface area contributed by atoms with Crippen molar-refractivity contribution >= 4 is 11.6 Å². The van der Waals surface area contributed by atoms with E-state index in [4.69, 9.17) is 14.8 Å². The Labute approximate surface area is 220 Å². The SMILES string of the molecule is CN1C(=O)c2cccc(OC(F)F)c2[C@H]2C[C@@H]1c1nn3ccc(-c4cnc(C5(O)CC(C)(O)C5)nc4)nc3c12. The van der Waals surface area contributed by atoms with Gasteiger partial charge in [-0.05, 0) is 31.5 Å². The fourth-order valence-corrected chi connectivity index (χ4v) is 6.45. The van der Waals surface area contributed by atoms with E-state index in [9.17, 15) is 23.8 Å². The third-order valence-corrected chi connectivity index (χ3v) is 8.03. The molecule has 2 atom stereocenters. The second-order valence-electron chi connectivity index (χ2n) is 10.9. The third-order valence-electron chi connectivity index (χ3n) is 8.03. The number of aromatic nitrogens is 5. The molecule has 1 amide bonds. The van der Waals surface area contributed by atoms with Gasteiger partial charge in [0, 0.05) is 66.7 Å². The number of aliphatic hydroxyl groups is 2. The predicted octanol–water partition coefficient (Wildman–Crippen LogP) is 3.18. The number of alkyl halides is 2. The molecule has 3 aliphatic rings. The first kappa shape index (κ1) is 24.0. The summed E-state index contributed by atoms with van der Waals surface area (Å²) in [5, 5.41) is 25.5. The first-order chi connectivity index (χ1) is 18.5. The Balaban J connectivity index is 1.33. The number of amides is 1. The van der Waals surface area contributed by atoms with Gasteiger partial charge in [-0.15, -0.1) is 0 Å². The number of halogens is 2. The molecule has 2 bridgehead atoms. The zero-order valence-corrected chi connectivity index (χ0v) is 21.0. The molecule has 39 heavy (non-hydrogen) atoms. The lowest BCUT2D eigenvalue weighted by molar-refractivity contribution is -0.180. The van der Waals surface area contributed by atoms with Crippen LogP contribution in [0.15, 0.2) is 42.9 Å². The number of rotatable bonds is 4. The van der Waals surface area contributed by atoms with Gasteiger partial charge in [0.05, 0.1) is 23.0 Å². The molecule has 200 valence electrons. The Hall–Kier alpha value is -4.03. The van der Waals surface area contributed by atoms with Gasteiger partial charge in [0.2, 0.25) is 0 Å². The van der Waals surface area contributed by atoms with E-state index in [0.717, 1.165) is 5.56 Å². The smallest absolute Gasteiger partial charge is 0.387 e. The normalized spacial score (nSPS) is 27.4. The van der Waals surface area contributed by atoms with Crippen molar-refractivity contribution in [2.45, 2.75) is 56.0 Å². The molecule has 4 aromatic rings. The van der Waals surface area contributed by atoms with E-state index in [1.165, 1.54) is 6.07 Å². The third kappa shape index (κ3) is 3.54. The lowest BCUT2D eigenvalue weighted by atomic mass is 9.68. The molecule has 2 aliphatic carbocycles. The number of fused-ring (bicyclic) bond motifs is 9. The molecule has 2 N–H and O–H groups in total. The van der Waals surface area contributed by atoms with Crippen LogP contribution in [0, 0.1) is 0 Å². The Bertz CT molecular complexity index is 1650. The van der Waals surface area contributed by atoms with Crippen molar-refractivity contribution in [3.63, 3.8) is 0 Å². The average Bonchev–Trinajstić information content (AvgIpc) is 3.40. The lowest BCUT2D eigenvalue weighted by Crippen LogP contribution is -2.53. The topological polar surface area (TPSA) is 126 Å². The number of hydrogen-bond acceptors (Lipinski definition) is 8. The quantitative estimate of drug-likeness (QED) is 0.409. The number of carbonyl (C=O) groups is 1. The van der Waals surface area contributed by atoms with Crippen LogP contribution in [0.1, 0.15) is 71.1 Å². The summed E-state index contributed by atoms with van der Waals surface area (Å²) in [4.78, 5) is 28.4. The van der Waals surface area contributed by atoms with Crippen LogP contribution in [0.2, 0.25) is 0 Å². The Morgan fingerprint density at radius 3 is 2.56 bits per heavy atom. The van der Waals surface area contributed by atoms with Gasteiger partial charge in [-0.25, -0.2) is 19.5 Å². The maximum atomic E-state index is 13.3. The maximum Gasteiger partial charge on any atom is 0.387 e. The number of carbonyl (C=O) groups excluding carboxylic acids is 1. The first-order valence-electron chi connectivity index (χ1n) is 12.6. The molecule has 0 spiro atoms. The van der Waals surface area contributed by atoms with Crippen molar-refractivity contribution in [3.05, 3.63) is 71.1 Å². The van der Waals surface area contributed by atoms with Gasteiger partial charge in [-0.2, -0.15) is 13.9 Å². The van der Waals surface area contributed by atoms with Gasteiger partial charge in [0.1, 0.15) is 11.4 Å². The van der Waals surface area contributed by atoms with Crippen molar-refractivity contribution in [1.29, 1.82) is 0 Å². The van der Waals surface area contributed by atoms with Crippen molar-refractivity contribution in [2.24, 2.45) is 0 Å². The maximum absolute atomic E-state index is 13.3. The molecule has 12 heteroatoms. The van der Waals surface area contributed by atoms with E-state index in [0.29, 0.717) is 40.1 Å². The molecule has 1 saturated carbocycles. The van der Waals surface area contributed by atoms with Gasteiger partial charge in [0.25, 0.3) is 5.91 Å². The Kier molecular flexibility index (Phi) is 4.93. The fraction of sp³-hybridized carbons (Fsp3) is 0.370. The molecule has 1 aromatic carbocycles. The Morgan fingerprint density at radius 1 is 1.13 bits per heavy atom. The van der Waals surface area contributed by atoms with Crippen LogP contribution in [-0.4, -0.2) is 64.8 Å². The minimum absolute atomic E-state index is 0.0323. The fourth-order valence-electron chi connectivity index (χ4n) is 6.45. The highest BCUT2D eigenvalue weighted by molar-refractivity contribution is 5.98. The van der Waals surface area contributed by atoms with Crippen molar-refractivity contribution in [3.8, 4) is 17.0 Å². The second-order valence-corrected chi connectivity index (χ2v) is 10.9. The van der Waals surface area contributed by atoms with E-state index >= 15 is 0 Å². The van der Waals surface area contributed by atoms with Gasteiger partial charge >= 0.3 is 6.61 Å². The molecule has 1 aliphatic heterocycles. The van der Waals surface area contributed by atoms with Crippen LogP contribution in [0.3, 0.4) is 0 Å². The second kappa shape index (κ2) is 7.99. The van der Waals surface area contributed by atoms with E-state index in [-0.39, 0.29) is 36.4 Å². The highest BCUT2D eigenvalue weighted by Crippen LogP contribution is 2.53. The van der Waals surface area contributed by atoms with E-state index in [1.54, 1.807) is 60.2 Å². The summed E-state index contributed by atoms with van der Waals surface area (Å²) in [6.45, 7) is -1.38. The Morgan fingerprint density at radius 2 is 1.87 bits per heavy atom. The van der Waals surface area contributed by atoms with Crippen LogP contribution >= 0.6 is 0 Å². The number of hydrogen-bond donors (Lipinski definition) is 2. The number of benzene rings is 1. The number of ether oxygens (including phenoxy) is 1. The summed E-state index contributed by atoms with van der Waals surface area (Å²) in [5.74, 6) is -0.496. The molecule has 0 unspecified atom stereocenters. The van der Waals surface area contributed by atoms with Crippen LogP contribution < -0.4 is 4.74 Å². The van der Waals surface area contributed by atoms with Crippen LogP contribution in [0.25, 0.3) is 16.9 Å². The van der Waals surface area contributed by atoms with Crippen molar-refractivity contribution < 1.29 is 28.5 Å². The molecule has 10 nitrogen and oxygen atoms in total. The zero-order chi connectivity index (χ0) is 27.3. The standard InChI is InChI=1S/C27H24F2N6O4/c1-26(37)11-27(38,12-26)24-30-9-13(10-31-24)16-6-7-35-22(32-16)20-15-8-17(21(20)33-35)34(2)23(36)14-4-3-5-18(19(14)15)39-25(28)29/h3-7,9-10,15,17,25,37-38H,8,11-12H2,1-2H3/t15-,17-,26?,27?/m1/s1. The molecular formula is C27H24F2N6O4. The highest BCUT2D eigenvalue weighted by atomic mass is 19.3. The summed E-state index contributed by atoms with van der Waals surface area (Å²) < 4.78 is 33.1.